The molecule has 17 nitrogen and oxygen atoms in total. The normalized spacial score (nSPS) is 14.8. The van der Waals surface area contributed by atoms with Gasteiger partial charge >= 0.3 is 39.5 Å². The lowest BCUT2D eigenvalue weighted by molar-refractivity contribution is -0.161. The largest absolute Gasteiger partial charge is 0.472 e. The van der Waals surface area contributed by atoms with Gasteiger partial charge < -0.3 is 33.8 Å². The Kier molecular flexibility index (Phi) is 52.0. The first-order chi connectivity index (χ1) is 39.1. The highest BCUT2D eigenvalue weighted by Crippen LogP contribution is 2.45. The zero-order valence-corrected chi connectivity index (χ0v) is 54.9. The Morgan fingerprint density at radius 2 is 0.585 bits per heavy atom. The summed E-state index contributed by atoms with van der Waals surface area (Å²) in [5, 5.41) is 10.5. The third-order valence-electron chi connectivity index (χ3n) is 14.7. The number of unbranched alkanes of at least 4 members (excludes halogenated alkanes) is 25. The van der Waals surface area contributed by atoms with Crippen molar-refractivity contribution in [1.82, 2.24) is 0 Å². The van der Waals surface area contributed by atoms with E-state index >= 15 is 0 Å². The van der Waals surface area contributed by atoms with E-state index in [-0.39, 0.29) is 25.7 Å². The molecule has 0 spiro atoms. The molecule has 3 unspecified atom stereocenters. The molecule has 0 saturated carbocycles. The maximum atomic E-state index is 13.0. The maximum Gasteiger partial charge on any atom is 0.472 e. The van der Waals surface area contributed by atoms with Crippen LogP contribution in [0.5, 0.6) is 0 Å². The third kappa shape index (κ3) is 55.9. The molecular formula is C63H122O17P2. The van der Waals surface area contributed by atoms with Gasteiger partial charge in [-0.2, -0.15) is 0 Å². The minimum Gasteiger partial charge on any atom is -0.462 e. The fourth-order valence-electron chi connectivity index (χ4n) is 9.22. The van der Waals surface area contributed by atoms with Crippen LogP contribution in [0.3, 0.4) is 0 Å². The Balaban J connectivity index is 5.25. The molecule has 0 heterocycles. The van der Waals surface area contributed by atoms with E-state index in [0.717, 1.165) is 108 Å². The number of esters is 4. The predicted molar refractivity (Wildman–Crippen MR) is 326 cm³/mol. The molecular weight excluding hydrogens is 1090 g/mol. The highest BCUT2D eigenvalue weighted by molar-refractivity contribution is 7.47. The molecule has 0 aliphatic carbocycles. The first kappa shape index (κ1) is 80.1. The second-order valence-corrected chi connectivity index (χ2v) is 27.4. The number of aliphatic hydroxyl groups excluding tert-OH is 1. The van der Waals surface area contributed by atoms with Crippen molar-refractivity contribution in [1.29, 1.82) is 0 Å². The van der Waals surface area contributed by atoms with Crippen LogP contribution in [0.2, 0.25) is 0 Å². The number of aliphatic hydroxyl groups is 1. The van der Waals surface area contributed by atoms with Crippen molar-refractivity contribution in [2.45, 2.75) is 318 Å². The summed E-state index contributed by atoms with van der Waals surface area (Å²) in [6.45, 7) is 13.9. The molecule has 0 aliphatic rings. The van der Waals surface area contributed by atoms with Gasteiger partial charge in [-0.3, -0.25) is 37.3 Å². The number of rotatable bonds is 60. The van der Waals surface area contributed by atoms with E-state index in [2.05, 4.69) is 55.4 Å². The number of hydrogen-bond acceptors (Lipinski definition) is 15. The molecule has 0 amide bonds. The molecule has 0 fully saturated rings. The monoisotopic (exact) mass is 1210 g/mol. The highest BCUT2D eigenvalue weighted by atomic mass is 31.2. The zero-order valence-electron chi connectivity index (χ0n) is 53.1. The van der Waals surface area contributed by atoms with Crippen LogP contribution in [0.15, 0.2) is 0 Å². The number of hydrogen-bond donors (Lipinski definition) is 3. The van der Waals surface area contributed by atoms with Gasteiger partial charge in [0.05, 0.1) is 26.4 Å². The predicted octanol–water partition coefficient (Wildman–Crippen LogP) is 17.0. The molecule has 0 aromatic rings. The van der Waals surface area contributed by atoms with Gasteiger partial charge in [-0.15, -0.1) is 0 Å². The highest BCUT2D eigenvalue weighted by Gasteiger charge is 2.30. The van der Waals surface area contributed by atoms with E-state index in [9.17, 15) is 43.2 Å². The van der Waals surface area contributed by atoms with E-state index in [0.29, 0.717) is 37.5 Å². The van der Waals surface area contributed by atoms with Gasteiger partial charge in [0, 0.05) is 25.7 Å². The Morgan fingerprint density at radius 1 is 0.341 bits per heavy atom. The summed E-state index contributed by atoms with van der Waals surface area (Å²) in [4.78, 5) is 72.1. The van der Waals surface area contributed by atoms with E-state index in [1.807, 2.05) is 0 Å². The van der Waals surface area contributed by atoms with Crippen molar-refractivity contribution in [2.24, 2.45) is 23.7 Å². The Morgan fingerprint density at radius 3 is 0.866 bits per heavy atom. The number of ether oxygens (including phenoxy) is 4. The lowest BCUT2D eigenvalue weighted by Gasteiger charge is -2.21. The Hall–Kier alpha value is -1.94. The molecule has 0 bridgehead atoms. The Bertz CT molecular complexity index is 1650. The quantitative estimate of drug-likeness (QED) is 0.0222. The number of carbonyl (C=O) groups is 4. The van der Waals surface area contributed by atoms with E-state index < -0.39 is 97.5 Å². The van der Waals surface area contributed by atoms with Crippen LogP contribution in [0.4, 0.5) is 0 Å². The summed E-state index contributed by atoms with van der Waals surface area (Å²) in [6, 6.07) is 0. The van der Waals surface area contributed by atoms with Gasteiger partial charge in [0.1, 0.15) is 19.3 Å². The smallest absolute Gasteiger partial charge is 0.462 e. The summed E-state index contributed by atoms with van der Waals surface area (Å²) in [5.41, 5.74) is 0. The van der Waals surface area contributed by atoms with Crippen molar-refractivity contribution >= 4 is 39.5 Å². The summed E-state index contributed by atoms with van der Waals surface area (Å²) >= 11 is 0. The van der Waals surface area contributed by atoms with Crippen molar-refractivity contribution in [3.05, 3.63) is 0 Å². The van der Waals surface area contributed by atoms with Crippen molar-refractivity contribution in [3.63, 3.8) is 0 Å². The molecule has 6 atom stereocenters. The lowest BCUT2D eigenvalue weighted by atomic mass is 9.99. The summed E-state index contributed by atoms with van der Waals surface area (Å²) in [6.07, 6.45) is 32.4. The van der Waals surface area contributed by atoms with Gasteiger partial charge in [-0.1, -0.05) is 248 Å². The molecule has 0 aliphatic heterocycles. The summed E-state index contributed by atoms with van der Waals surface area (Å²) in [5.74, 6) is 0.717. The lowest BCUT2D eigenvalue weighted by Crippen LogP contribution is -2.30. The maximum absolute atomic E-state index is 13.0. The second-order valence-electron chi connectivity index (χ2n) is 24.5. The van der Waals surface area contributed by atoms with E-state index in [1.165, 1.54) is 96.3 Å². The molecule has 82 heavy (non-hydrogen) atoms. The van der Waals surface area contributed by atoms with Crippen LogP contribution >= 0.6 is 15.6 Å². The van der Waals surface area contributed by atoms with Gasteiger partial charge in [-0.05, 0) is 49.4 Å². The van der Waals surface area contributed by atoms with Crippen molar-refractivity contribution in [2.75, 3.05) is 39.6 Å². The molecule has 0 saturated heterocycles. The second kappa shape index (κ2) is 53.3. The summed E-state index contributed by atoms with van der Waals surface area (Å²) < 4.78 is 67.9. The molecule has 19 heteroatoms. The van der Waals surface area contributed by atoms with E-state index in [4.69, 9.17) is 37.0 Å². The van der Waals surface area contributed by atoms with Crippen LogP contribution in [0.1, 0.15) is 299 Å². The summed E-state index contributed by atoms with van der Waals surface area (Å²) in [7, 11) is -9.89. The molecule has 0 radical (unpaired) electrons. The van der Waals surface area contributed by atoms with Crippen LogP contribution in [-0.4, -0.2) is 96.7 Å². The van der Waals surface area contributed by atoms with Crippen molar-refractivity contribution in [3.8, 4) is 0 Å². The number of phosphoric acid groups is 2. The fraction of sp³-hybridized carbons (Fsp3) is 0.937. The van der Waals surface area contributed by atoms with Crippen LogP contribution in [0, 0.1) is 23.7 Å². The zero-order chi connectivity index (χ0) is 61.1. The van der Waals surface area contributed by atoms with Gasteiger partial charge in [0.25, 0.3) is 0 Å². The minimum absolute atomic E-state index is 0.100. The molecule has 0 aromatic heterocycles. The van der Waals surface area contributed by atoms with Crippen molar-refractivity contribution < 1.29 is 80.2 Å². The first-order valence-electron chi connectivity index (χ1n) is 32.7. The molecule has 3 N–H and O–H groups in total. The number of phosphoric ester groups is 2. The van der Waals surface area contributed by atoms with Crippen LogP contribution in [-0.2, 0) is 65.4 Å². The average molecular weight is 1210 g/mol. The fourth-order valence-corrected chi connectivity index (χ4v) is 10.8. The van der Waals surface area contributed by atoms with E-state index in [1.54, 1.807) is 0 Å². The van der Waals surface area contributed by atoms with Gasteiger partial charge in [0.15, 0.2) is 12.2 Å². The average Bonchev–Trinajstić information content (AvgIpc) is 3.45. The van der Waals surface area contributed by atoms with Crippen LogP contribution in [0.25, 0.3) is 0 Å². The standard InChI is InChI=1S/C63H122O17P2/c1-9-56(8)42-34-26-16-13-14-17-27-35-43-60(65)73-49-58(79-62(67)45-37-29-18-12-10-11-15-23-31-39-53(2)3)51-77-81(69,70)75-47-57(64)48-76-82(71,72)78-52-59(80-63(68)46-38-30-22-20-25-33-41-55(6)7)50-74-61(66)44-36-28-21-19-24-32-40-54(4)5/h53-59,64H,9-52H2,1-8H3,(H,69,70)(H,71,72)/t56?,57-,58-,59-/m1/s1. The Labute approximate surface area is 498 Å². The van der Waals surface area contributed by atoms with Crippen LogP contribution < -0.4 is 0 Å². The first-order valence-corrected chi connectivity index (χ1v) is 35.7. The third-order valence-corrected chi connectivity index (χ3v) is 16.6. The SMILES string of the molecule is CCC(C)CCCCCCCCCCC(=O)OC[C@H](COP(=O)(O)OC[C@@H](O)COP(=O)(O)OC[C@@H](COC(=O)CCCCCCCCC(C)C)OC(=O)CCCCCCCCC(C)C)OC(=O)CCCCCCCCCCCC(C)C. The molecule has 0 rings (SSSR count). The molecule has 486 valence electrons. The number of carbonyl (C=O) groups excluding carboxylic acids is 4. The molecule has 0 aromatic carbocycles. The van der Waals surface area contributed by atoms with Gasteiger partial charge in [-0.25, -0.2) is 9.13 Å². The van der Waals surface area contributed by atoms with Gasteiger partial charge in [0.2, 0.25) is 0 Å². The topological polar surface area (TPSA) is 237 Å². The minimum atomic E-state index is -4.94.